The molecule has 1 amide bonds. The summed E-state index contributed by atoms with van der Waals surface area (Å²) in [5, 5.41) is 10.7. The highest BCUT2D eigenvalue weighted by Crippen LogP contribution is 2.24. The minimum Gasteiger partial charge on any atom is -0.467 e. The molecule has 3 aromatic heterocycles. The predicted octanol–water partition coefficient (Wildman–Crippen LogP) is 3.63. The number of furan rings is 1. The molecule has 3 heterocycles. The van der Waals surface area contributed by atoms with Crippen LogP contribution in [0.1, 0.15) is 22.0 Å². The van der Waals surface area contributed by atoms with Crippen molar-refractivity contribution in [3.05, 3.63) is 78.3 Å². The van der Waals surface area contributed by atoms with Gasteiger partial charge in [0.25, 0.3) is 5.91 Å². The lowest BCUT2D eigenvalue weighted by atomic mass is 10.0. The van der Waals surface area contributed by atoms with Gasteiger partial charge >= 0.3 is 0 Å². The van der Waals surface area contributed by atoms with E-state index in [2.05, 4.69) is 20.5 Å². The van der Waals surface area contributed by atoms with Crippen molar-refractivity contribution in [1.29, 1.82) is 0 Å². The molecule has 0 unspecified atom stereocenters. The topological polar surface area (TPSA) is 94.0 Å². The summed E-state index contributed by atoms with van der Waals surface area (Å²) in [4.78, 5) is 16.5. The predicted molar refractivity (Wildman–Crippen MR) is 97.6 cm³/mol. The number of rotatable bonds is 5. The average Bonchev–Trinajstić information content (AvgIpc) is 3.38. The number of nitrogens with zero attached hydrogens (tertiary/aromatic N) is 3. The fourth-order valence-corrected chi connectivity index (χ4v) is 2.62. The third-order valence-corrected chi connectivity index (χ3v) is 3.99. The number of amides is 1. The molecule has 0 saturated carbocycles. The molecule has 7 heteroatoms. The molecule has 0 aliphatic carbocycles. The molecule has 134 valence electrons. The Balaban J connectivity index is 1.49. The average molecular weight is 360 g/mol. The van der Waals surface area contributed by atoms with Crippen molar-refractivity contribution >= 4 is 5.91 Å². The van der Waals surface area contributed by atoms with Gasteiger partial charge in [0, 0.05) is 30.4 Å². The van der Waals surface area contributed by atoms with Crippen molar-refractivity contribution in [2.75, 3.05) is 0 Å². The molecule has 0 aliphatic heterocycles. The van der Waals surface area contributed by atoms with Crippen LogP contribution in [0.25, 0.3) is 22.6 Å². The summed E-state index contributed by atoms with van der Waals surface area (Å²) < 4.78 is 10.7. The molecule has 4 rings (SSSR count). The Morgan fingerprint density at radius 2 is 1.85 bits per heavy atom. The number of hydrogen-bond acceptors (Lipinski definition) is 6. The van der Waals surface area contributed by atoms with E-state index in [4.69, 9.17) is 8.83 Å². The van der Waals surface area contributed by atoms with Gasteiger partial charge in [0.1, 0.15) is 5.76 Å². The molecule has 0 atom stereocenters. The maximum absolute atomic E-state index is 12.2. The summed E-state index contributed by atoms with van der Waals surface area (Å²) in [7, 11) is 0. The van der Waals surface area contributed by atoms with E-state index < -0.39 is 0 Å². The van der Waals surface area contributed by atoms with Gasteiger partial charge in [-0.3, -0.25) is 9.78 Å². The summed E-state index contributed by atoms with van der Waals surface area (Å²) >= 11 is 0. The van der Waals surface area contributed by atoms with Gasteiger partial charge < -0.3 is 14.2 Å². The van der Waals surface area contributed by atoms with Gasteiger partial charge in [-0.05, 0) is 35.9 Å². The maximum Gasteiger partial charge on any atom is 0.251 e. The zero-order chi connectivity index (χ0) is 18.6. The lowest BCUT2D eigenvalue weighted by Gasteiger charge is -2.06. The normalized spacial score (nSPS) is 10.7. The van der Waals surface area contributed by atoms with Gasteiger partial charge in [0.2, 0.25) is 11.8 Å². The molecule has 0 spiro atoms. The van der Waals surface area contributed by atoms with E-state index in [-0.39, 0.29) is 5.91 Å². The molecule has 0 bridgehead atoms. The Bertz CT molecular complexity index is 1050. The van der Waals surface area contributed by atoms with Crippen LogP contribution < -0.4 is 5.32 Å². The van der Waals surface area contributed by atoms with Gasteiger partial charge in [0.15, 0.2) is 0 Å². The number of carbonyl (C=O) groups excluding carboxylic acids is 1. The van der Waals surface area contributed by atoms with Crippen LogP contribution in [0.3, 0.4) is 0 Å². The molecule has 0 saturated heterocycles. The third kappa shape index (κ3) is 3.77. The number of benzene rings is 1. The Kier molecular flexibility index (Phi) is 4.49. The van der Waals surface area contributed by atoms with Gasteiger partial charge in [-0.25, -0.2) is 0 Å². The van der Waals surface area contributed by atoms with Gasteiger partial charge in [-0.15, -0.1) is 10.2 Å². The van der Waals surface area contributed by atoms with Crippen molar-refractivity contribution in [2.45, 2.75) is 13.5 Å². The first-order chi connectivity index (χ1) is 13.2. The first-order valence-electron chi connectivity index (χ1n) is 8.35. The number of nitrogens with one attached hydrogen (secondary N) is 1. The molecule has 27 heavy (non-hydrogen) atoms. The summed E-state index contributed by atoms with van der Waals surface area (Å²) in [6.07, 6.45) is 5.00. The Hall–Kier alpha value is -3.74. The van der Waals surface area contributed by atoms with Gasteiger partial charge in [-0.1, -0.05) is 12.1 Å². The first-order valence-corrected chi connectivity index (χ1v) is 8.35. The van der Waals surface area contributed by atoms with Gasteiger partial charge in [0.05, 0.1) is 18.4 Å². The minimum absolute atomic E-state index is 0.161. The quantitative estimate of drug-likeness (QED) is 0.584. The number of hydrogen-bond donors (Lipinski definition) is 1. The van der Waals surface area contributed by atoms with E-state index in [0.29, 0.717) is 29.6 Å². The lowest BCUT2D eigenvalue weighted by molar-refractivity contribution is 0.0948. The Morgan fingerprint density at radius 1 is 1.04 bits per heavy atom. The second kappa shape index (κ2) is 7.25. The minimum atomic E-state index is -0.161. The molecule has 4 aromatic rings. The Morgan fingerprint density at radius 3 is 2.56 bits per heavy atom. The van der Waals surface area contributed by atoms with Crippen LogP contribution in [0.4, 0.5) is 0 Å². The standard InChI is InChI=1S/C20H16N4O3/c1-13-23-24-20(27-13)17-9-16(10-21-11-17)14-4-6-15(7-5-14)19(25)22-12-18-3-2-8-26-18/h2-11H,12H2,1H3,(H,22,25). The highest BCUT2D eigenvalue weighted by molar-refractivity contribution is 5.94. The zero-order valence-electron chi connectivity index (χ0n) is 14.5. The number of aryl methyl sites for hydroxylation is 1. The van der Waals surface area contributed by atoms with Crippen LogP contribution >= 0.6 is 0 Å². The largest absolute Gasteiger partial charge is 0.467 e. The van der Waals surface area contributed by atoms with Crippen LogP contribution in [0, 0.1) is 6.92 Å². The lowest BCUT2D eigenvalue weighted by Crippen LogP contribution is -2.22. The number of carbonyl (C=O) groups is 1. The molecular weight excluding hydrogens is 344 g/mol. The highest BCUT2D eigenvalue weighted by Gasteiger charge is 2.10. The monoisotopic (exact) mass is 360 g/mol. The smallest absolute Gasteiger partial charge is 0.251 e. The molecule has 0 radical (unpaired) electrons. The van der Waals surface area contributed by atoms with E-state index in [1.807, 2.05) is 24.3 Å². The number of aromatic nitrogens is 3. The summed E-state index contributed by atoms with van der Waals surface area (Å²) in [5.41, 5.74) is 3.14. The van der Waals surface area contributed by atoms with E-state index in [0.717, 1.165) is 16.7 Å². The van der Waals surface area contributed by atoms with Crippen LogP contribution in [0.15, 0.2) is 70.0 Å². The first kappa shape index (κ1) is 16.7. The fourth-order valence-electron chi connectivity index (χ4n) is 2.62. The maximum atomic E-state index is 12.2. The summed E-state index contributed by atoms with van der Waals surface area (Å²) in [5.74, 6) is 1.47. The van der Waals surface area contributed by atoms with Crippen LogP contribution in [0.2, 0.25) is 0 Å². The molecule has 0 fully saturated rings. The second-order valence-corrected chi connectivity index (χ2v) is 5.93. The van der Waals surface area contributed by atoms with Crippen LogP contribution in [-0.4, -0.2) is 21.1 Å². The molecule has 7 nitrogen and oxygen atoms in total. The SMILES string of the molecule is Cc1nnc(-c2cncc(-c3ccc(C(=O)NCc4ccco4)cc3)c2)o1. The third-order valence-electron chi connectivity index (χ3n) is 3.99. The van der Waals surface area contributed by atoms with E-state index in [1.54, 1.807) is 43.8 Å². The fraction of sp³-hybridized carbons (Fsp3) is 0.100. The molecular formula is C20H16N4O3. The molecule has 0 aliphatic rings. The summed E-state index contributed by atoms with van der Waals surface area (Å²) in [6.45, 7) is 2.09. The molecule has 1 N–H and O–H groups in total. The van der Waals surface area contributed by atoms with Crippen LogP contribution in [0.5, 0.6) is 0 Å². The Labute approximate surface area is 155 Å². The van der Waals surface area contributed by atoms with E-state index in [1.165, 1.54) is 0 Å². The highest BCUT2D eigenvalue weighted by atomic mass is 16.4. The molecule has 1 aromatic carbocycles. The summed E-state index contributed by atoms with van der Waals surface area (Å²) in [6, 6.07) is 12.8. The van der Waals surface area contributed by atoms with Crippen molar-refractivity contribution in [3.63, 3.8) is 0 Å². The van der Waals surface area contributed by atoms with Crippen molar-refractivity contribution < 1.29 is 13.6 Å². The van der Waals surface area contributed by atoms with Crippen molar-refractivity contribution in [2.24, 2.45) is 0 Å². The van der Waals surface area contributed by atoms with Crippen molar-refractivity contribution in [3.8, 4) is 22.6 Å². The number of pyridine rings is 1. The van der Waals surface area contributed by atoms with Crippen molar-refractivity contribution in [1.82, 2.24) is 20.5 Å². The second-order valence-electron chi connectivity index (χ2n) is 5.93. The van der Waals surface area contributed by atoms with Gasteiger partial charge in [-0.2, -0.15) is 0 Å². The van der Waals surface area contributed by atoms with E-state index in [9.17, 15) is 4.79 Å². The van der Waals surface area contributed by atoms with Crippen LogP contribution in [-0.2, 0) is 6.54 Å². The van der Waals surface area contributed by atoms with E-state index >= 15 is 0 Å². The zero-order valence-corrected chi connectivity index (χ0v) is 14.5.